The summed E-state index contributed by atoms with van der Waals surface area (Å²) in [5.41, 5.74) is 11.2. The van der Waals surface area contributed by atoms with E-state index in [0.717, 1.165) is 28.9 Å². The molecule has 2 N–H and O–H groups in total. The van der Waals surface area contributed by atoms with E-state index in [4.69, 9.17) is 10.2 Å². The van der Waals surface area contributed by atoms with Crippen LogP contribution in [0, 0.1) is 6.92 Å². The fourth-order valence-corrected chi connectivity index (χ4v) is 2.52. The lowest BCUT2D eigenvalue weighted by Gasteiger charge is -2.21. The van der Waals surface area contributed by atoms with Gasteiger partial charge < -0.3 is 15.1 Å². The largest absolute Gasteiger partial charge is 0.464 e. The van der Waals surface area contributed by atoms with Gasteiger partial charge in [0, 0.05) is 24.5 Å². The fourth-order valence-electron chi connectivity index (χ4n) is 2.52. The van der Waals surface area contributed by atoms with E-state index >= 15 is 0 Å². The van der Waals surface area contributed by atoms with E-state index in [1.807, 2.05) is 44.5 Å². The Morgan fingerprint density at radius 3 is 2.75 bits per heavy atom. The number of aryl methyl sites for hydroxylation is 1. The second-order valence-corrected chi connectivity index (χ2v) is 5.18. The van der Waals surface area contributed by atoms with E-state index in [2.05, 4.69) is 23.1 Å². The van der Waals surface area contributed by atoms with Crippen LogP contribution in [0.15, 0.2) is 53.1 Å². The molecule has 3 rings (SSSR count). The van der Waals surface area contributed by atoms with E-state index in [1.165, 1.54) is 11.1 Å². The van der Waals surface area contributed by atoms with Crippen LogP contribution in [0.4, 0.5) is 11.4 Å². The van der Waals surface area contributed by atoms with Crippen LogP contribution in [0.1, 0.15) is 11.1 Å². The summed E-state index contributed by atoms with van der Waals surface area (Å²) in [4.78, 5) is 2.14. The molecule has 0 spiro atoms. The highest BCUT2D eigenvalue weighted by Gasteiger charge is 2.10. The molecule has 102 valence electrons. The predicted octanol–water partition coefficient (Wildman–Crippen LogP) is 3.96. The molecule has 2 aromatic carbocycles. The third-order valence-corrected chi connectivity index (χ3v) is 3.56. The van der Waals surface area contributed by atoms with Crippen molar-refractivity contribution in [2.45, 2.75) is 13.5 Å². The van der Waals surface area contributed by atoms with Gasteiger partial charge in [-0.05, 0) is 30.7 Å². The Labute approximate surface area is 118 Å². The predicted molar refractivity (Wildman–Crippen MR) is 83.9 cm³/mol. The van der Waals surface area contributed by atoms with Crippen LogP contribution in [0.5, 0.6) is 0 Å². The summed E-state index contributed by atoms with van der Waals surface area (Å²) in [7, 11) is 2.04. The van der Waals surface area contributed by atoms with Crippen molar-refractivity contribution >= 4 is 22.3 Å². The molecule has 0 fully saturated rings. The molecule has 0 amide bonds. The molecule has 20 heavy (non-hydrogen) atoms. The maximum Gasteiger partial charge on any atom is 0.134 e. The smallest absolute Gasteiger partial charge is 0.134 e. The number of nitrogens with two attached hydrogens (primary N) is 1. The van der Waals surface area contributed by atoms with Crippen molar-refractivity contribution in [2.75, 3.05) is 17.7 Å². The molecule has 0 aliphatic carbocycles. The van der Waals surface area contributed by atoms with Crippen molar-refractivity contribution in [2.24, 2.45) is 0 Å². The molecule has 1 heterocycles. The number of hydrogen-bond acceptors (Lipinski definition) is 3. The maximum atomic E-state index is 6.10. The lowest BCUT2D eigenvalue weighted by molar-refractivity contribution is 0.610. The van der Waals surface area contributed by atoms with Gasteiger partial charge in [-0.2, -0.15) is 0 Å². The minimum absolute atomic E-state index is 0.768. The van der Waals surface area contributed by atoms with Gasteiger partial charge in [-0.3, -0.25) is 0 Å². The number of fused-ring (bicyclic) bond motifs is 1. The number of rotatable bonds is 3. The Morgan fingerprint density at radius 2 is 1.95 bits per heavy atom. The normalized spacial score (nSPS) is 10.9. The van der Waals surface area contributed by atoms with Crippen molar-refractivity contribution < 1.29 is 4.42 Å². The number of nitrogen functional groups attached to an aromatic ring is 1. The van der Waals surface area contributed by atoms with Gasteiger partial charge in [-0.25, -0.2) is 0 Å². The highest BCUT2D eigenvalue weighted by atomic mass is 16.3. The Hall–Kier alpha value is -2.42. The summed E-state index contributed by atoms with van der Waals surface area (Å²) in [5, 5.41) is 1.16. The third-order valence-electron chi connectivity index (χ3n) is 3.56. The zero-order chi connectivity index (χ0) is 14.1. The molecular formula is C17H18N2O. The molecule has 0 aliphatic heterocycles. The van der Waals surface area contributed by atoms with Crippen LogP contribution in [0.25, 0.3) is 11.0 Å². The van der Waals surface area contributed by atoms with Gasteiger partial charge in [0.25, 0.3) is 0 Å². The molecule has 1 aromatic heterocycles. The standard InChI is InChI=1S/C17H18N2O/c1-12-7-8-16(15(18)9-12)19(2)10-13-11-20-17-6-4-3-5-14(13)17/h3-9,11H,10,18H2,1-2H3. The summed E-state index contributed by atoms with van der Waals surface area (Å²) in [6, 6.07) is 14.2. The number of furan rings is 1. The number of anilines is 2. The number of nitrogens with zero attached hydrogens (tertiary/aromatic N) is 1. The molecule has 0 saturated carbocycles. The molecule has 0 atom stereocenters. The third kappa shape index (κ3) is 2.23. The Balaban J connectivity index is 1.90. The molecule has 3 nitrogen and oxygen atoms in total. The zero-order valence-electron chi connectivity index (χ0n) is 11.8. The van der Waals surface area contributed by atoms with Gasteiger partial charge in [0.05, 0.1) is 17.6 Å². The van der Waals surface area contributed by atoms with E-state index in [1.54, 1.807) is 0 Å². The number of hydrogen-bond donors (Lipinski definition) is 1. The van der Waals surface area contributed by atoms with Gasteiger partial charge in [-0.1, -0.05) is 24.3 Å². The maximum absolute atomic E-state index is 6.10. The first-order valence-corrected chi connectivity index (χ1v) is 6.67. The SMILES string of the molecule is Cc1ccc(N(C)Cc2coc3ccccc23)c(N)c1. The van der Waals surface area contributed by atoms with Crippen molar-refractivity contribution in [1.29, 1.82) is 0 Å². The number of benzene rings is 2. The van der Waals surface area contributed by atoms with Gasteiger partial charge in [0.15, 0.2) is 0 Å². The molecule has 0 bridgehead atoms. The van der Waals surface area contributed by atoms with E-state index < -0.39 is 0 Å². The molecule has 0 radical (unpaired) electrons. The minimum Gasteiger partial charge on any atom is -0.464 e. The van der Waals surface area contributed by atoms with Crippen molar-refractivity contribution in [3.63, 3.8) is 0 Å². The first-order chi connectivity index (χ1) is 9.65. The monoisotopic (exact) mass is 266 g/mol. The molecule has 0 saturated heterocycles. The van der Waals surface area contributed by atoms with Gasteiger partial charge >= 0.3 is 0 Å². The second kappa shape index (κ2) is 4.93. The molecule has 3 aromatic rings. The molecule has 0 aliphatic rings. The van der Waals surface area contributed by atoms with Crippen LogP contribution in [-0.2, 0) is 6.54 Å². The van der Waals surface area contributed by atoms with Crippen LogP contribution in [0.3, 0.4) is 0 Å². The second-order valence-electron chi connectivity index (χ2n) is 5.18. The van der Waals surface area contributed by atoms with Crippen molar-refractivity contribution in [3.8, 4) is 0 Å². The Kier molecular flexibility index (Phi) is 3.11. The van der Waals surface area contributed by atoms with Crippen LogP contribution in [0.2, 0.25) is 0 Å². The molecular weight excluding hydrogens is 248 g/mol. The highest BCUT2D eigenvalue weighted by molar-refractivity contribution is 5.81. The lowest BCUT2D eigenvalue weighted by atomic mass is 10.1. The molecule has 0 unspecified atom stereocenters. The topological polar surface area (TPSA) is 42.4 Å². The van der Waals surface area contributed by atoms with Crippen LogP contribution < -0.4 is 10.6 Å². The average molecular weight is 266 g/mol. The summed E-state index contributed by atoms with van der Waals surface area (Å²) >= 11 is 0. The van der Waals surface area contributed by atoms with Gasteiger partial charge in [-0.15, -0.1) is 0 Å². The number of para-hydroxylation sites is 1. The van der Waals surface area contributed by atoms with Crippen LogP contribution >= 0.6 is 0 Å². The summed E-state index contributed by atoms with van der Waals surface area (Å²) in [6.45, 7) is 2.81. The Morgan fingerprint density at radius 1 is 1.15 bits per heavy atom. The van der Waals surface area contributed by atoms with E-state index in [9.17, 15) is 0 Å². The summed E-state index contributed by atoms with van der Waals surface area (Å²) < 4.78 is 5.58. The Bertz CT molecular complexity index is 746. The first kappa shape index (κ1) is 12.6. The van der Waals surface area contributed by atoms with Crippen molar-refractivity contribution in [3.05, 3.63) is 59.9 Å². The van der Waals surface area contributed by atoms with Crippen molar-refractivity contribution in [1.82, 2.24) is 0 Å². The van der Waals surface area contributed by atoms with Crippen LogP contribution in [-0.4, -0.2) is 7.05 Å². The molecule has 3 heteroatoms. The van der Waals surface area contributed by atoms with Gasteiger partial charge in [0.1, 0.15) is 5.58 Å². The summed E-state index contributed by atoms with van der Waals surface area (Å²) in [6.07, 6.45) is 1.82. The van der Waals surface area contributed by atoms with Gasteiger partial charge in [0.2, 0.25) is 0 Å². The minimum atomic E-state index is 0.768. The fraction of sp³-hybridized carbons (Fsp3) is 0.176. The van der Waals surface area contributed by atoms with E-state index in [0.29, 0.717) is 0 Å². The zero-order valence-corrected chi connectivity index (χ0v) is 11.8. The quantitative estimate of drug-likeness (QED) is 0.730. The average Bonchev–Trinajstić information content (AvgIpc) is 2.82. The highest BCUT2D eigenvalue weighted by Crippen LogP contribution is 2.27. The van der Waals surface area contributed by atoms with E-state index in [-0.39, 0.29) is 0 Å². The first-order valence-electron chi connectivity index (χ1n) is 6.67. The summed E-state index contributed by atoms with van der Waals surface area (Å²) in [5.74, 6) is 0. The lowest BCUT2D eigenvalue weighted by Crippen LogP contribution is -2.17.